The largest absolute Gasteiger partial charge is 0.298 e. The Bertz CT molecular complexity index is 1230. The molecule has 1 N–H and O–H groups in total. The maximum atomic E-state index is 14.2. The number of hydrogen-bond acceptors (Lipinski definition) is 5. The molecule has 1 amide bonds. The number of nitrogens with one attached hydrogen (secondary N) is 1. The van der Waals surface area contributed by atoms with E-state index in [0.29, 0.717) is 10.7 Å². The number of carbonyl (C=O) groups is 1. The second-order valence-electron chi connectivity index (χ2n) is 7.20. The van der Waals surface area contributed by atoms with Crippen molar-refractivity contribution in [1.82, 2.24) is 9.97 Å². The molecule has 4 nitrogen and oxygen atoms in total. The monoisotopic (exact) mass is 435 g/mol. The summed E-state index contributed by atoms with van der Waals surface area (Å²) in [5, 5.41) is 6.31. The van der Waals surface area contributed by atoms with Crippen molar-refractivity contribution in [3.8, 4) is 21.0 Å². The molecule has 7 heteroatoms. The predicted molar refractivity (Wildman–Crippen MR) is 120 cm³/mol. The van der Waals surface area contributed by atoms with Gasteiger partial charge in [-0.05, 0) is 48.9 Å². The van der Waals surface area contributed by atoms with Crippen molar-refractivity contribution in [2.24, 2.45) is 0 Å². The number of fused-ring (bicyclic) bond motifs is 3. The molecular formula is C23H18FN3OS2. The number of aromatic nitrogens is 2. The number of hydrogen-bond donors (Lipinski definition) is 1. The topological polar surface area (TPSA) is 54.9 Å². The molecule has 0 fully saturated rings. The van der Waals surface area contributed by atoms with E-state index in [0.717, 1.165) is 46.0 Å². The van der Waals surface area contributed by atoms with E-state index < -0.39 is 11.7 Å². The fraction of sp³-hybridized carbons (Fsp3) is 0.174. The average molecular weight is 436 g/mol. The summed E-state index contributed by atoms with van der Waals surface area (Å²) in [6.45, 7) is 1.73. The number of thiazole rings is 2. The van der Waals surface area contributed by atoms with E-state index in [1.165, 1.54) is 23.0 Å². The Balaban J connectivity index is 1.53. The second-order valence-corrected chi connectivity index (χ2v) is 9.10. The lowest BCUT2D eigenvalue weighted by Crippen LogP contribution is -2.15. The SMILES string of the molecule is Cc1cccc(F)c1C(=O)Nc1nc2c(s1)-c1cccc(-c3nccs3)c1CCC2. The molecule has 0 atom stereocenters. The zero-order valence-electron chi connectivity index (χ0n) is 16.2. The van der Waals surface area contributed by atoms with Gasteiger partial charge in [-0.2, -0.15) is 0 Å². The van der Waals surface area contributed by atoms with Crippen LogP contribution in [-0.4, -0.2) is 15.9 Å². The number of rotatable bonds is 3. The molecule has 4 aromatic rings. The van der Waals surface area contributed by atoms with E-state index in [1.54, 1.807) is 30.4 Å². The van der Waals surface area contributed by atoms with E-state index in [2.05, 4.69) is 27.4 Å². The molecule has 2 aromatic carbocycles. The van der Waals surface area contributed by atoms with Crippen molar-refractivity contribution in [3.05, 3.63) is 76.2 Å². The van der Waals surface area contributed by atoms with Crippen molar-refractivity contribution >= 4 is 33.7 Å². The first kappa shape index (κ1) is 19.1. The van der Waals surface area contributed by atoms with Crippen LogP contribution >= 0.6 is 22.7 Å². The summed E-state index contributed by atoms with van der Waals surface area (Å²) >= 11 is 3.08. The third-order valence-corrected chi connectivity index (χ3v) is 7.14. The van der Waals surface area contributed by atoms with Crippen LogP contribution < -0.4 is 5.32 Å². The Morgan fingerprint density at radius 3 is 2.77 bits per heavy atom. The summed E-state index contributed by atoms with van der Waals surface area (Å²) in [4.78, 5) is 22.9. The molecule has 0 bridgehead atoms. The van der Waals surface area contributed by atoms with Gasteiger partial charge in [-0.1, -0.05) is 41.7 Å². The maximum absolute atomic E-state index is 14.2. The third-order valence-electron chi connectivity index (χ3n) is 5.29. The van der Waals surface area contributed by atoms with Crippen LogP contribution in [0.3, 0.4) is 0 Å². The highest BCUT2D eigenvalue weighted by molar-refractivity contribution is 7.19. The molecule has 0 radical (unpaired) electrons. The minimum atomic E-state index is -0.524. The van der Waals surface area contributed by atoms with E-state index in [4.69, 9.17) is 0 Å². The Morgan fingerprint density at radius 1 is 1.13 bits per heavy atom. The molecule has 1 aliphatic rings. The first-order valence-corrected chi connectivity index (χ1v) is 11.4. The zero-order chi connectivity index (χ0) is 20.7. The Labute approximate surface area is 181 Å². The van der Waals surface area contributed by atoms with Gasteiger partial charge in [-0.3, -0.25) is 10.1 Å². The molecule has 0 saturated carbocycles. The van der Waals surface area contributed by atoms with Crippen LogP contribution in [-0.2, 0) is 12.8 Å². The highest BCUT2D eigenvalue weighted by Crippen LogP contribution is 2.42. The van der Waals surface area contributed by atoms with Gasteiger partial charge in [0, 0.05) is 17.1 Å². The molecular weight excluding hydrogens is 417 g/mol. The van der Waals surface area contributed by atoms with Crippen molar-refractivity contribution in [2.45, 2.75) is 26.2 Å². The van der Waals surface area contributed by atoms with E-state index in [1.807, 2.05) is 17.6 Å². The summed E-state index contributed by atoms with van der Waals surface area (Å²) in [7, 11) is 0. The summed E-state index contributed by atoms with van der Waals surface area (Å²) in [6.07, 6.45) is 4.61. The van der Waals surface area contributed by atoms with Gasteiger partial charge in [0.05, 0.1) is 16.1 Å². The summed E-state index contributed by atoms with van der Waals surface area (Å²) in [6, 6.07) is 10.9. The number of carbonyl (C=O) groups excluding carboxylic acids is 1. The van der Waals surface area contributed by atoms with Crippen LogP contribution in [0.2, 0.25) is 0 Å². The van der Waals surface area contributed by atoms with Crippen LogP contribution in [0.1, 0.15) is 33.6 Å². The van der Waals surface area contributed by atoms with Gasteiger partial charge in [0.25, 0.3) is 5.91 Å². The number of aryl methyl sites for hydroxylation is 2. The fourth-order valence-corrected chi connectivity index (χ4v) is 5.67. The first-order chi connectivity index (χ1) is 14.6. The van der Waals surface area contributed by atoms with Crippen LogP contribution in [0.15, 0.2) is 48.0 Å². The van der Waals surface area contributed by atoms with E-state index in [-0.39, 0.29) is 5.56 Å². The smallest absolute Gasteiger partial charge is 0.260 e. The molecule has 30 heavy (non-hydrogen) atoms. The molecule has 0 spiro atoms. The van der Waals surface area contributed by atoms with Crippen LogP contribution in [0, 0.1) is 12.7 Å². The normalized spacial score (nSPS) is 12.7. The lowest BCUT2D eigenvalue weighted by Gasteiger charge is -2.10. The highest BCUT2D eigenvalue weighted by Gasteiger charge is 2.23. The van der Waals surface area contributed by atoms with Crippen LogP contribution in [0.5, 0.6) is 0 Å². The van der Waals surface area contributed by atoms with E-state index in [9.17, 15) is 9.18 Å². The van der Waals surface area contributed by atoms with Gasteiger partial charge in [-0.25, -0.2) is 14.4 Å². The quantitative estimate of drug-likeness (QED) is 0.422. The lowest BCUT2D eigenvalue weighted by atomic mass is 9.98. The molecule has 2 heterocycles. The van der Waals surface area contributed by atoms with Gasteiger partial charge in [0.1, 0.15) is 10.8 Å². The summed E-state index contributed by atoms with van der Waals surface area (Å²) in [5.74, 6) is -0.990. The number of benzene rings is 2. The molecule has 2 aromatic heterocycles. The standard InChI is InChI=1S/C23H18FN3OS2/c1-13-5-2-9-17(24)19(13)21(28)27-23-26-18-10-4-6-14-15(20(18)30-23)7-3-8-16(14)22-25-11-12-29-22/h2-3,5,7-9,11-12H,4,6,10H2,1H3,(H,26,27,28). The summed E-state index contributed by atoms with van der Waals surface area (Å²) < 4.78 is 14.2. The number of nitrogens with zero attached hydrogens (tertiary/aromatic N) is 2. The maximum Gasteiger partial charge on any atom is 0.260 e. The van der Waals surface area contributed by atoms with Gasteiger partial charge < -0.3 is 0 Å². The number of halogens is 1. The Morgan fingerprint density at radius 2 is 1.97 bits per heavy atom. The number of anilines is 1. The van der Waals surface area contributed by atoms with Crippen LogP contribution in [0.4, 0.5) is 9.52 Å². The van der Waals surface area contributed by atoms with Gasteiger partial charge in [-0.15, -0.1) is 11.3 Å². The minimum absolute atomic E-state index is 0.0642. The van der Waals surface area contributed by atoms with Crippen LogP contribution in [0.25, 0.3) is 21.0 Å². The molecule has 1 aliphatic carbocycles. The van der Waals surface area contributed by atoms with Crippen molar-refractivity contribution < 1.29 is 9.18 Å². The minimum Gasteiger partial charge on any atom is -0.298 e. The zero-order valence-corrected chi connectivity index (χ0v) is 17.9. The Hall–Kier alpha value is -2.90. The van der Waals surface area contributed by atoms with E-state index >= 15 is 0 Å². The molecule has 150 valence electrons. The molecule has 0 unspecified atom stereocenters. The first-order valence-electron chi connectivity index (χ1n) is 9.70. The van der Waals surface area contributed by atoms with Crippen molar-refractivity contribution in [1.29, 1.82) is 0 Å². The average Bonchev–Trinajstić information content (AvgIpc) is 3.35. The van der Waals surface area contributed by atoms with Gasteiger partial charge >= 0.3 is 0 Å². The second kappa shape index (κ2) is 7.74. The predicted octanol–water partition coefficient (Wildman–Crippen LogP) is 6.12. The Kier molecular flexibility index (Phi) is 4.92. The van der Waals surface area contributed by atoms with Gasteiger partial charge in [0.15, 0.2) is 5.13 Å². The van der Waals surface area contributed by atoms with Crippen molar-refractivity contribution in [3.63, 3.8) is 0 Å². The lowest BCUT2D eigenvalue weighted by molar-refractivity contribution is 0.102. The third kappa shape index (κ3) is 3.34. The number of amides is 1. The molecule has 0 aliphatic heterocycles. The van der Waals surface area contributed by atoms with Crippen molar-refractivity contribution in [2.75, 3.05) is 5.32 Å². The molecule has 5 rings (SSSR count). The summed E-state index contributed by atoms with van der Waals surface area (Å²) in [5.41, 5.74) is 5.23. The highest BCUT2D eigenvalue weighted by atomic mass is 32.1. The fourth-order valence-electron chi connectivity index (χ4n) is 3.92. The van der Waals surface area contributed by atoms with Gasteiger partial charge in [0.2, 0.25) is 0 Å². The molecule has 0 saturated heterocycles.